The maximum Gasteiger partial charge on any atom is 0.363 e. The van der Waals surface area contributed by atoms with Gasteiger partial charge in [0.2, 0.25) is 5.90 Å². The van der Waals surface area contributed by atoms with Crippen molar-refractivity contribution in [2.45, 2.75) is 0 Å². The van der Waals surface area contributed by atoms with E-state index >= 15 is 0 Å². The number of carbonyl (C=O) groups excluding carboxylic acids is 1. The molecule has 1 aliphatic rings. The van der Waals surface area contributed by atoms with E-state index in [4.69, 9.17) is 18.9 Å². The monoisotopic (exact) mass is 499 g/mol. The van der Waals surface area contributed by atoms with Crippen molar-refractivity contribution >= 4 is 45.2 Å². The van der Waals surface area contributed by atoms with Gasteiger partial charge in [-0.3, -0.25) is 0 Å². The summed E-state index contributed by atoms with van der Waals surface area (Å²) in [6.45, 7) is 0.672. The van der Waals surface area contributed by atoms with E-state index < -0.39 is 5.97 Å². The van der Waals surface area contributed by atoms with E-state index in [2.05, 4.69) is 20.9 Å². The lowest BCUT2D eigenvalue weighted by atomic mass is 10.1. The third-order valence-electron chi connectivity index (χ3n) is 4.27. The third kappa shape index (κ3) is 5.34. The normalized spacial score (nSPS) is 14.3. The molecule has 0 saturated heterocycles. The molecule has 0 bridgehead atoms. The van der Waals surface area contributed by atoms with Crippen LogP contribution in [0.1, 0.15) is 10.4 Å². The minimum atomic E-state index is -0.490. The lowest BCUT2D eigenvalue weighted by molar-refractivity contribution is -0.129. The van der Waals surface area contributed by atoms with Crippen molar-refractivity contribution in [3.05, 3.63) is 80.6 Å². The molecule has 0 spiro atoms. The molecule has 0 unspecified atom stereocenters. The summed E-state index contributed by atoms with van der Waals surface area (Å²) < 4.78 is 23.0. The molecule has 158 valence electrons. The molecular formula is C23H18BrNO5S. The highest BCUT2D eigenvalue weighted by Crippen LogP contribution is 2.28. The van der Waals surface area contributed by atoms with Crippen molar-refractivity contribution in [2.75, 3.05) is 20.3 Å². The summed E-state index contributed by atoms with van der Waals surface area (Å²) in [5.74, 6) is 1.86. The van der Waals surface area contributed by atoms with E-state index in [1.165, 1.54) is 11.3 Å². The van der Waals surface area contributed by atoms with E-state index in [1.807, 2.05) is 60.0 Å². The topological polar surface area (TPSA) is 66.3 Å². The molecule has 1 aromatic heterocycles. The van der Waals surface area contributed by atoms with Crippen LogP contribution in [0.5, 0.6) is 17.2 Å². The van der Waals surface area contributed by atoms with Gasteiger partial charge in [-0.25, -0.2) is 9.79 Å². The predicted molar refractivity (Wildman–Crippen MR) is 123 cm³/mol. The zero-order valence-corrected chi connectivity index (χ0v) is 18.9. The number of hydrogen-bond acceptors (Lipinski definition) is 7. The number of esters is 1. The summed E-state index contributed by atoms with van der Waals surface area (Å²) in [5, 5.41) is 1.90. The van der Waals surface area contributed by atoms with Gasteiger partial charge in [0.1, 0.15) is 30.5 Å². The standard InChI is InChI=1S/C23H18BrNO5S/c1-27-17-4-2-5-18(14-17)28-9-10-29-20-8-7-16(24)12-15(20)13-19-23(26)30-22(25-19)21-6-3-11-31-21/h2-8,11-14H,9-10H2,1H3/b19-13+. The van der Waals surface area contributed by atoms with Crippen LogP contribution in [0.25, 0.3) is 6.08 Å². The van der Waals surface area contributed by atoms with Gasteiger partial charge in [-0.05, 0) is 47.9 Å². The number of benzene rings is 2. The van der Waals surface area contributed by atoms with Crippen LogP contribution in [-0.2, 0) is 9.53 Å². The number of ether oxygens (including phenoxy) is 4. The van der Waals surface area contributed by atoms with Crippen LogP contribution in [0.15, 0.2) is 75.1 Å². The Balaban J connectivity index is 1.45. The molecule has 0 radical (unpaired) electrons. The van der Waals surface area contributed by atoms with Crippen molar-refractivity contribution in [1.29, 1.82) is 0 Å². The first-order valence-electron chi connectivity index (χ1n) is 9.38. The minimum absolute atomic E-state index is 0.221. The Morgan fingerprint density at radius 1 is 1.06 bits per heavy atom. The highest BCUT2D eigenvalue weighted by atomic mass is 79.9. The van der Waals surface area contributed by atoms with E-state index in [9.17, 15) is 4.79 Å². The van der Waals surface area contributed by atoms with Crippen LogP contribution in [0.3, 0.4) is 0 Å². The molecule has 0 N–H and O–H groups in total. The van der Waals surface area contributed by atoms with Crippen molar-refractivity contribution < 1.29 is 23.7 Å². The smallest absolute Gasteiger partial charge is 0.363 e. The maximum absolute atomic E-state index is 12.3. The molecule has 2 heterocycles. The first-order chi connectivity index (χ1) is 15.1. The van der Waals surface area contributed by atoms with Crippen LogP contribution in [-0.4, -0.2) is 32.2 Å². The maximum atomic E-state index is 12.3. The number of hydrogen-bond donors (Lipinski definition) is 0. The summed E-state index contributed by atoms with van der Waals surface area (Å²) in [5.41, 5.74) is 0.929. The number of aliphatic imine (C=N–C) groups is 1. The molecule has 0 saturated carbocycles. The Hall–Kier alpha value is -3.10. The Labute approximate surface area is 191 Å². The molecule has 3 aromatic rings. The summed E-state index contributed by atoms with van der Waals surface area (Å²) in [7, 11) is 1.61. The average molecular weight is 500 g/mol. The Morgan fingerprint density at radius 2 is 1.90 bits per heavy atom. The Morgan fingerprint density at radius 3 is 2.71 bits per heavy atom. The molecule has 4 rings (SSSR count). The van der Waals surface area contributed by atoms with Crippen LogP contribution in [0, 0.1) is 0 Å². The second-order valence-electron chi connectivity index (χ2n) is 6.37. The van der Waals surface area contributed by atoms with Gasteiger partial charge in [-0.1, -0.05) is 28.1 Å². The van der Waals surface area contributed by atoms with Crippen molar-refractivity contribution in [1.82, 2.24) is 0 Å². The van der Waals surface area contributed by atoms with E-state index in [-0.39, 0.29) is 5.70 Å². The van der Waals surface area contributed by atoms with E-state index in [0.29, 0.717) is 36.2 Å². The first kappa shape index (κ1) is 21.1. The molecule has 0 aliphatic carbocycles. The fourth-order valence-corrected chi connectivity index (χ4v) is 3.86. The summed E-state index contributed by atoms with van der Waals surface area (Å²) in [6.07, 6.45) is 1.66. The van der Waals surface area contributed by atoms with Crippen LogP contribution in [0.4, 0.5) is 0 Å². The van der Waals surface area contributed by atoms with Crippen molar-refractivity contribution in [3.63, 3.8) is 0 Å². The largest absolute Gasteiger partial charge is 0.497 e. The number of rotatable bonds is 8. The quantitative estimate of drug-likeness (QED) is 0.238. The van der Waals surface area contributed by atoms with Gasteiger partial charge in [0.05, 0.1) is 12.0 Å². The fraction of sp³-hybridized carbons (Fsp3) is 0.130. The first-order valence-corrected chi connectivity index (χ1v) is 11.1. The number of thiophene rings is 1. The second kappa shape index (κ2) is 9.80. The summed E-state index contributed by atoms with van der Waals surface area (Å²) in [4.78, 5) is 17.4. The Kier molecular flexibility index (Phi) is 6.69. The number of halogens is 1. The summed E-state index contributed by atoms with van der Waals surface area (Å²) >= 11 is 4.92. The highest BCUT2D eigenvalue weighted by Gasteiger charge is 2.25. The average Bonchev–Trinajstić information content (AvgIpc) is 3.43. The third-order valence-corrected chi connectivity index (χ3v) is 5.62. The van der Waals surface area contributed by atoms with Gasteiger partial charge >= 0.3 is 5.97 Å². The zero-order valence-electron chi connectivity index (χ0n) is 16.5. The molecule has 2 aromatic carbocycles. The molecule has 1 aliphatic heterocycles. The lowest BCUT2D eigenvalue weighted by Crippen LogP contribution is -2.09. The van der Waals surface area contributed by atoms with Crippen LogP contribution < -0.4 is 14.2 Å². The number of carbonyl (C=O) groups is 1. The SMILES string of the molecule is COc1cccc(OCCOc2ccc(Br)cc2/C=C2/N=C(c3cccs3)OC2=O)c1. The number of cyclic esters (lactones) is 1. The van der Waals surface area contributed by atoms with E-state index in [0.717, 1.165) is 15.1 Å². The molecule has 0 atom stereocenters. The second-order valence-corrected chi connectivity index (χ2v) is 8.23. The van der Waals surface area contributed by atoms with Gasteiger partial charge in [-0.15, -0.1) is 11.3 Å². The Bertz CT molecular complexity index is 1140. The van der Waals surface area contributed by atoms with Gasteiger partial charge in [0.25, 0.3) is 0 Å². The number of methoxy groups -OCH3 is 1. The van der Waals surface area contributed by atoms with Gasteiger partial charge in [0.15, 0.2) is 5.70 Å². The zero-order chi connectivity index (χ0) is 21.6. The molecule has 31 heavy (non-hydrogen) atoms. The predicted octanol–water partition coefficient (Wildman–Crippen LogP) is 5.32. The number of nitrogens with zero attached hydrogens (tertiary/aromatic N) is 1. The minimum Gasteiger partial charge on any atom is -0.497 e. The van der Waals surface area contributed by atoms with Crippen molar-refractivity contribution in [3.8, 4) is 17.2 Å². The molecule has 6 nitrogen and oxygen atoms in total. The van der Waals surface area contributed by atoms with Gasteiger partial charge in [-0.2, -0.15) is 0 Å². The lowest BCUT2D eigenvalue weighted by Gasteiger charge is -2.11. The van der Waals surface area contributed by atoms with Gasteiger partial charge in [0, 0.05) is 16.1 Å². The molecule has 8 heteroatoms. The molecular weight excluding hydrogens is 482 g/mol. The molecule has 0 amide bonds. The van der Waals surface area contributed by atoms with Crippen molar-refractivity contribution in [2.24, 2.45) is 4.99 Å². The summed E-state index contributed by atoms with van der Waals surface area (Å²) in [6, 6.07) is 16.7. The van der Waals surface area contributed by atoms with Crippen LogP contribution in [0.2, 0.25) is 0 Å². The van der Waals surface area contributed by atoms with Crippen LogP contribution >= 0.6 is 27.3 Å². The van der Waals surface area contributed by atoms with Gasteiger partial charge < -0.3 is 18.9 Å². The highest BCUT2D eigenvalue weighted by molar-refractivity contribution is 9.10. The fourth-order valence-electron chi connectivity index (χ4n) is 2.83. The van der Waals surface area contributed by atoms with E-state index in [1.54, 1.807) is 13.2 Å². The molecule has 0 fully saturated rings.